The first-order valence-electron chi connectivity index (χ1n) is 7.31. The van der Waals surface area contributed by atoms with E-state index < -0.39 is 0 Å². The van der Waals surface area contributed by atoms with Gasteiger partial charge in [-0.15, -0.1) is 0 Å². The van der Waals surface area contributed by atoms with Gasteiger partial charge < -0.3 is 10.1 Å². The lowest BCUT2D eigenvalue weighted by Gasteiger charge is -2.30. The predicted octanol–water partition coefficient (Wildman–Crippen LogP) is 4.23. The van der Waals surface area contributed by atoms with E-state index in [-0.39, 0.29) is 6.10 Å². The number of hydrogen-bond donors (Lipinski definition) is 1. The number of hydrogen-bond acceptors (Lipinski definition) is 2. The Labute approximate surface area is 120 Å². The molecule has 0 heterocycles. The van der Waals surface area contributed by atoms with Crippen LogP contribution in [0.5, 0.6) is 5.75 Å². The summed E-state index contributed by atoms with van der Waals surface area (Å²) in [6.07, 6.45) is 1.41. The number of rotatable bonds is 5. The Morgan fingerprint density at radius 1 is 1.10 bits per heavy atom. The summed E-state index contributed by atoms with van der Waals surface area (Å²) in [4.78, 5) is 0. The zero-order chi connectivity index (χ0) is 13.9. The molecule has 2 aromatic carbocycles. The lowest BCUT2D eigenvalue weighted by molar-refractivity contribution is 0.242. The van der Waals surface area contributed by atoms with Gasteiger partial charge in [-0.25, -0.2) is 0 Å². The average molecular weight is 267 g/mol. The van der Waals surface area contributed by atoms with E-state index in [1.165, 1.54) is 17.5 Å². The van der Waals surface area contributed by atoms with Crippen molar-refractivity contribution in [3.05, 3.63) is 59.7 Å². The number of ether oxygens (including phenoxy) is 1. The molecule has 1 aliphatic rings. The van der Waals surface area contributed by atoms with Gasteiger partial charge in [0.15, 0.2) is 0 Å². The normalized spacial score (nSPS) is 16.4. The van der Waals surface area contributed by atoms with E-state index in [9.17, 15) is 0 Å². The van der Waals surface area contributed by atoms with Crippen LogP contribution in [-0.4, -0.2) is 12.6 Å². The van der Waals surface area contributed by atoms with Crippen molar-refractivity contribution < 1.29 is 4.74 Å². The molecule has 0 saturated heterocycles. The highest BCUT2D eigenvalue weighted by Crippen LogP contribution is 2.34. The lowest BCUT2D eigenvalue weighted by Crippen LogP contribution is -2.24. The molecular formula is C18H21NO. The molecule has 104 valence electrons. The molecule has 2 nitrogen and oxygen atoms in total. The number of anilines is 1. The standard InChI is InChI=1S/C18H21NO/c1-13(2)20-17-9-7-16(8-10-17)19-12-15-11-14-5-3-4-6-18(14)15/h3-10,13,15,19H,11-12H2,1-2H3. The molecule has 0 aliphatic heterocycles. The second-order valence-electron chi connectivity index (χ2n) is 5.67. The van der Waals surface area contributed by atoms with Crippen molar-refractivity contribution >= 4 is 5.69 Å². The quantitative estimate of drug-likeness (QED) is 0.875. The molecule has 0 amide bonds. The molecule has 0 radical (unpaired) electrons. The Bertz CT molecular complexity index is 574. The number of fused-ring (bicyclic) bond motifs is 1. The third-order valence-corrected chi connectivity index (χ3v) is 3.74. The summed E-state index contributed by atoms with van der Waals surface area (Å²) < 4.78 is 5.65. The second kappa shape index (κ2) is 5.58. The average Bonchev–Trinajstić information content (AvgIpc) is 2.41. The molecule has 0 bridgehead atoms. The van der Waals surface area contributed by atoms with Gasteiger partial charge in [0.05, 0.1) is 6.10 Å². The molecule has 1 unspecified atom stereocenters. The molecular weight excluding hydrogens is 246 g/mol. The zero-order valence-electron chi connectivity index (χ0n) is 12.1. The Kier molecular flexibility index (Phi) is 3.64. The van der Waals surface area contributed by atoms with E-state index in [4.69, 9.17) is 4.74 Å². The number of nitrogens with one attached hydrogen (secondary N) is 1. The van der Waals surface area contributed by atoms with E-state index in [0.717, 1.165) is 18.0 Å². The van der Waals surface area contributed by atoms with Crippen LogP contribution >= 0.6 is 0 Å². The maximum atomic E-state index is 5.65. The van der Waals surface area contributed by atoms with Gasteiger partial charge in [0.1, 0.15) is 5.75 Å². The molecule has 2 aromatic rings. The first-order chi connectivity index (χ1) is 9.72. The minimum absolute atomic E-state index is 0.222. The number of benzene rings is 2. The summed E-state index contributed by atoms with van der Waals surface area (Å²) in [6, 6.07) is 16.9. The van der Waals surface area contributed by atoms with Gasteiger partial charge >= 0.3 is 0 Å². The fourth-order valence-corrected chi connectivity index (χ4v) is 2.71. The van der Waals surface area contributed by atoms with Gasteiger partial charge in [0.2, 0.25) is 0 Å². The molecule has 0 aromatic heterocycles. The first kappa shape index (κ1) is 13.0. The summed E-state index contributed by atoms with van der Waals surface area (Å²) in [5, 5.41) is 3.51. The Hall–Kier alpha value is -1.96. The van der Waals surface area contributed by atoms with Crippen molar-refractivity contribution in [2.24, 2.45) is 0 Å². The van der Waals surface area contributed by atoms with Crippen LogP contribution in [0.1, 0.15) is 30.9 Å². The van der Waals surface area contributed by atoms with Gasteiger partial charge in [0.25, 0.3) is 0 Å². The fraction of sp³-hybridized carbons (Fsp3) is 0.333. The molecule has 1 aliphatic carbocycles. The Balaban J connectivity index is 1.55. The van der Waals surface area contributed by atoms with Gasteiger partial charge in [-0.05, 0) is 55.7 Å². The lowest BCUT2D eigenvalue weighted by atomic mass is 9.77. The predicted molar refractivity (Wildman–Crippen MR) is 83.6 cm³/mol. The molecule has 2 heteroatoms. The van der Waals surface area contributed by atoms with Crippen molar-refractivity contribution in [2.75, 3.05) is 11.9 Å². The highest BCUT2D eigenvalue weighted by atomic mass is 16.5. The van der Waals surface area contributed by atoms with Crippen molar-refractivity contribution in [2.45, 2.75) is 32.3 Å². The maximum Gasteiger partial charge on any atom is 0.119 e. The molecule has 1 atom stereocenters. The molecule has 0 spiro atoms. The summed E-state index contributed by atoms with van der Waals surface area (Å²) >= 11 is 0. The smallest absolute Gasteiger partial charge is 0.119 e. The highest BCUT2D eigenvalue weighted by Gasteiger charge is 2.24. The monoisotopic (exact) mass is 267 g/mol. The topological polar surface area (TPSA) is 21.3 Å². The SMILES string of the molecule is CC(C)Oc1ccc(NCC2Cc3ccccc32)cc1. The van der Waals surface area contributed by atoms with E-state index in [1.54, 1.807) is 0 Å². The van der Waals surface area contributed by atoms with Crippen LogP contribution in [0.2, 0.25) is 0 Å². The van der Waals surface area contributed by atoms with Gasteiger partial charge in [0, 0.05) is 18.2 Å². The van der Waals surface area contributed by atoms with Crippen LogP contribution in [0.15, 0.2) is 48.5 Å². The van der Waals surface area contributed by atoms with Gasteiger partial charge in [-0.2, -0.15) is 0 Å². The minimum Gasteiger partial charge on any atom is -0.491 e. The van der Waals surface area contributed by atoms with Crippen molar-refractivity contribution in [3.8, 4) is 5.75 Å². The summed E-state index contributed by atoms with van der Waals surface area (Å²) in [7, 11) is 0. The van der Waals surface area contributed by atoms with E-state index in [2.05, 4.69) is 41.7 Å². The van der Waals surface area contributed by atoms with Crippen LogP contribution in [0, 0.1) is 0 Å². The van der Waals surface area contributed by atoms with Crippen LogP contribution in [0.25, 0.3) is 0 Å². The summed E-state index contributed by atoms with van der Waals surface area (Å²) in [6.45, 7) is 5.09. The first-order valence-corrected chi connectivity index (χ1v) is 7.31. The second-order valence-corrected chi connectivity index (χ2v) is 5.67. The van der Waals surface area contributed by atoms with Crippen molar-refractivity contribution in [1.82, 2.24) is 0 Å². The third-order valence-electron chi connectivity index (χ3n) is 3.74. The summed E-state index contributed by atoms with van der Waals surface area (Å²) in [5.74, 6) is 1.58. The van der Waals surface area contributed by atoms with E-state index >= 15 is 0 Å². The molecule has 20 heavy (non-hydrogen) atoms. The zero-order valence-corrected chi connectivity index (χ0v) is 12.1. The Morgan fingerprint density at radius 2 is 1.85 bits per heavy atom. The summed E-state index contributed by atoms with van der Waals surface area (Å²) in [5.41, 5.74) is 4.16. The van der Waals surface area contributed by atoms with Crippen LogP contribution in [0.4, 0.5) is 5.69 Å². The largest absolute Gasteiger partial charge is 0.491 e. The van der Waals surface area contributed by atoms with Crippen LogP contribution in [-0.2, 0) is 6.42 Å². The molecule has 3 rings (SSSR count). The van der Waals surface area contributed by atoms with Gasteiger partial charge in [-0.3, -0.25) is 0 Å². The van der Waals surface area contributed by atoms with Crippen LogP contribution < -0.4 is 10.1 Å². The molecule has 0 fully saturated rings. The van der Waals surface area contributed by atoms with E-state index in [0.29, 0.717) is 5.92 Å². The van der Waals surface area contributed by atoms with E-state index in [1.807, 2.05) is 26.0 Å². The third kappa shape index (κ3) is 2.79. The van der Waals surface area contributed by atoms with Crippen molar-refractivity contribution in [1.29, 1.82) is 0 Å². The molecule has 0 saturated carbocycles. The maximum absolute atomic E-state index is 5.65. The van der Waals surface area contributed by atoms with Gasteiger partial charge in [-0.1, -0.05) is 24.3 Å². The Morgan fingerprint density at radius 3 is 2.55 bits per heavy atom. The van der Waals surface area contributed by atoms with Crippen LogP contribution in [0.3, 0.4) is 0 Å². The fourth-order valence-electron chi connectivity index (χ4n) is 2.71. The minimum atomic E-state index is 0.222. The van der Waals surface area contributed by atoms with Crippen molar-refractivity contribution in [3.63, 3.8) is 0 Å². The molecule has 1 N–H and O–H groups in total. The highest BCUT2D eigenvalue weighted by molar-refractivity contribution is 5.48.